The fourth-order valence-electron chi connectivity index (χ4n) is 1.65. The topological polar surface area (TPSA) is 33.2 Å². The standard InChI is InChI=1S/C13H20N2O/c1-3-15(10-4-5-12(2)16)11-13-6-8-14-9-7-13/h6-9H,3-5,10-11H2,1-2H3. The largest absolute Gasteiger partial charge is 0.300 e. The molecule has 0 bridgehead atoms. The molecule has 0 aliphatic carbocycles. The molecular formula is C13H20N2O. The van der Waals surface area contributed by atoms with E-state index in [0.717, 1.165) is 26.1 Å². The van der Waals surface area contributed by atoms with Gasteiger partial charge in [0.05, 0.1) is 0 Å². The lowest BCUT2D eigenvalue weighted by Gasteiger charge is -2.19. The van der Waals surface area contributed by atoms with Gasteiger partial charge in [-0.2, -0.15) is 0 Å². The first-order chi connectivity index (χ1) is 7.72. The van der Waals surface area contributed by atoms with Gasteiger partial charge in [0.25, 0.3) is 0 Å². The van der Waals surface area contributed by atoms with Gasteiger partial charge < -0.3 is 4.79 Å². The fraction of sp³-hybridized carbons (Fsp3) is 0.538. The summed E-state index contributed by atoms with van der Waals surface area (Å²) in [5.74, 6) is 0.278. The van der Waals surface area contributed by atoms with Gasteiger partial charge in [-0.25, -0.2) is 0 Å². The van der Waals surface area contributed by atoms with Crippen molar-refractivity contribution >= 4 is 5.78 Å². The van der Waals surface area contributed by atoms with E-state index in [-0.39, 0.29) is 5.78 Å². The van der Waals surface area contributed by atoms with Gasteiger partial charge in [0, 0.05) is 25.4 Å². The van der Waals surface area contributed by atoms with E-state index in [1.165, 1.54) is 5.56 Å². The predicted molar refractivity (Wildman–Crippen MR) is 65.1 cm³/mol. The van der Waals surface area contributed by atoms with Gasteiger partial charge >= 0.3 is 0 Å². The third kappa shape index (κ3) is 5.03. The molecule has 0 N–H and O–H groups in total. The van der Waals surface area contributed by atoms with Crippen LogP contribution >= 0.6 is 0 Å². The Hall–Kier alpha value is -1.22. The van der Waals surface area contributed by atoms with Crippen molar-refractivity contribution in [1.29, 1.82) is 0 Å². The van der Waals surface area contributed by atoms with Crippen LogP contribution in [0.2, 0.25) is 0 Å². The van der Waals surface area contributed by atoms with Gasteiger partial charge in [-0.3, -0.25) is 9.88 Å². The van der Waals surface area contributed by atoms with Crippen molar-refractivity contribution in [3.8, 4) is 0 Å². The molecule has 0 spiro atoms. The Morgan fingerprint density at radius 2 is 2.06 bits per heavy atom. The monoisotopic (exact) mass is 220 g/mol. The first kappa shape index (κ1) is 12.8. The van der Waals surface area contributed by atoms with E-state index < -0.39 is 0 Å². The number of hydrogen-bond donors (Lipinski definition) is 0. The highest BCUT2D eigenvalue weighted by molar-refractivity contribution is 5.75. The number of carbonyl (C=O) groups is 1. The van der Waals surface area contributed by atoms with E-state index in [0.29, 0.717) is 6.42 Å². The molecular weight excluding hydrogens is 200 g/mol. The first-order valence-electron chi connectivity index (χ1n) is 5.83. The summed E-state index contributed by atoms with van der Waals surface area (Å²) in [6.07, 6.45) is 5.28. The first-order valence-corrected chi connectivity index (χ1v) is 5.83. The van der Waals surface area contributed by atoms with E-state index in [9.17, 15) is 4.79 Å². The minimum absolute atomic E-state index is 0.278. The Kier molecular flexibility index (Phi) is 5.72. The molecule has 0 aromatic carbocycles. The lowest BCUT2D eigenvalue weighted by Crippen LogP contribution is -2.24. The highest BCUT2D eigenvalue weighted by atomic mass is 16.1. The highest BCUT2D eigenvalue weighted by Gasteiger charge is 2.03. The number of rotatable bonds is 7. The number of ketones is 1. The van der Waals surface area contributed by atoms with E-state index >= 15 is 0 Å². The molecule has 0 amide bonds. The van der Waals surface area contributed by atoms with Crippen LogP contribution in [-0.4, -0.2) is 28.8 Å². The molecule has 1 rings (SSSR count). The maximum absolute atomic E-state index is 10.8. The molecule has 1 aromatic rings. The summed E-state index contributed by atoms with van der Waals surface area (Å²) in [5, 5.41) is 0. The maximum atomic E-state index is 10.8. The third-order valence-corrected chi connectivity index (χ3v) is 2.61. The molecule has 3 heteroatoms. The summed E-state index contributed by atoms with van der Waals surface area (Å²) in [6.45, 7) is 6.74. The number of Topliss-reactive ketones (excluding diaryl/α,β-unsaturated/α-hetero) is 1. The van der Waals surface area contributed by atoms with Gasteiger partial charge in [0.15, 0.2) is 0 Å². The minimum Gasteiger partial charge on any atom is -0.300 e. The smallest absolute Gasteiger partial charge is 0.129 e. The second kappa shape index (κ2) is 7.12. The van der Waals surface area contributed by atoms with Crippen LogP contribution in [0.15, 0.2) is 24.5 Å². The lowest BCUT2D eigenvalue weighted by molar-refractivity contribution is -0.117. The second-order valence-corrected chi connectivity index (χ2v) is 4.03. The van der Waals surface area contributed by atoms with Gasteiger partial charge in [-0.05, 0) is 44.1 Å². The molecule has 16 heavy (non-hydrogen) atoms. The summed E-state index contributed by atoms with van der Waals surface area (Å²) in [4.78, 5) is 17.2. The Balaban J connectivity index is 2.34. The summed E-state index contributed by atoms with van der Waals surface area (Å²) in [6, 6.07) is 4.07. The Labute approximate surface area is 97.5 Å². The van der Waals surface area contributed by atoms with Crippen molar-refractivity contribution in [1.82, 2.24) is 9.88 Å². The molecule has 0 unspecified atom stereocenters. The van der Waals surface area contributed by atoms with E-state index in [2.05, 4.69) is 16.8 Å². The Bertz CT molecular complexity index is 311. The van der Waals surface area contributed by atoms with Crippen LogP contribution < -0.4 is 0 Å². The summed E-state index contributed by atoms with van der Waals surface area (Å²) < 4.78 is 0. The molecule has 1 aromatic heterocycles. The fourth-order valence-corrected chi connectivity index (χ4v) is 1.65. The van der Waals surface area contributed by atoms with Gasteiger partial charge in [-0.1, -0.05) is 6.92 Å². The summed E-state index contributed by atoms with van der Waals surface area (Å²) in [7, 11) is 0. The van der Waals surface area contributed by atoms with Crippen LogP contribution in [0, 0.1) is 0 Å². The molecule has 0 aliphatic heterocycles. The van der Waals surface area contributed by atoms with Crippen molar-refractivity contribution in [2.75, 3.05) is 13.1 Å². The van der Waals surface area contributed by atoms with Crippen molar-refractivity contribution in [2.45, 2.75) is 33.2 Å². The zero-order valence-electron chi connectivity index (χ0n) is 10.1. The Morgan fingerprint density at radius 3 is 2.62 bits per heavy atom. The zero-order chi connectivity index (χ0) is 11.8. The number of pyridine rings is 1. The molecule has 1 heterocycles. The summed E-state index contributed by atoms with van der Waals surface area (Å²) in [5.41, 5.74) is 1.28. The summed E-state index contributed by atoms with van der Waals surface area (Å²) >= 11 is 0. The highest BCUT2D eigenvalue weighted by Crippen LogP contribution is 2.04. The average Bonchev–Trinajstić information content (AvgIpc) is 2.28. The number of nitrogens with zero attached hydrogens (tertiary/aromatic N) is 2. The van der Waals surface area contributed by atoms with E-state index in [4.69, 9.17) is 0 Å². The van der Waals surface area contributed by atoms with E-state index in [1.54, 1.807) is 6.92 Å². The van der Waals surface area contributed by atoms with Gasteiger partial charge in [-0.15, -0.1) is 0 Å². The van der Waals surface area contributed by atoms with Gasteiger partial charge in [0.1, 0.15) is 5.78 Å². The zero-order valence-corrected chi connectivity index (χ0v) is 10.1. The lowest BCUT2D eigenvalue weighted by atomic mass is 10.2. The SMILES string of the molecule is CCN(CCCC(C)=O)Cc1ccncc1. The molecule has 0 saturated heterocycles. The molecule has 0 saturated carbocycles. The van der Waals surface area contributed by atoms with Crippen LogP contribution in [0.3, 0.4) is 0 Å². The minimum atomic E-state index is 0.278. The molecule has 0 atom stereocenters. The van der Waals surface area contributed by atoms with Crippen LogP contribution in [0.4, 0.5) is 0 Å². The maximum Gasteiger partial charge on any atom is 0.129 e. The van der Waals surface area contributed by atoms with Crippen molar-refractivity contribution in [3.63, 3.8) is 0 Å². The molecule has 0 aliphatic rings. The van der Waals surface area contributed by atoms with E-state index in [1.807, 2.05) is 24.5 Å². The van der Waals surface area contributed by atoms with Crippen molar-refractivity contribution < 1.29 is 4.79 Å². The molecule has 0 fully saturated rings. The van der Waals surface area contributed by atoms with Crippen LogP contribution in [0.1, 0.15) is 32.3 Å². The number of hydrogen-bond acceptors (Lipinski definition) is 3. The third-order valence-electron chi connectivity index (χ3n) is 2.61. The second-order valence-electron chi connectivity index (χ2n) is 4.03. The quantitative estimate of drug-likeness (QED) is 0.706. The van der Waals surface area contributed by atoms with Crippen LogP contribution in [0.25, 0.3) is 0 Å². The van der Waals surface area contributed by atoms with Gasteiger partial charge in [0.2, 0.25) is 0 Å². The number of aromatic nitrogens is 1. The molecule has 3 nitrogen and oxygen atoms in total. The predicted octanol–water partition coefficient (Wildman–Crippen LogP) is 2.27. The molecule has 88 valence electrons. The van der Waals surface area contributed by atoms with Crippen LogP contribution in [-0.2, 0) is 11.3 Å². The average molecular weight is 220 g/mol. The van der Waals surface area contributed by atoms with Crippen molar-refractivity contribution in [3.05, 3.63) is 30.1 Å². The van der Waals surface area contributed by atoms with Crippen molar-refractivity contribution in [2.24, 2.45) is 0 Å². The Morgan fingerprint density at radius 1 is 1.38 bits per heavy atom. The normalized spacial score (nSPS) is 10.7. The van der Waals surface area contributed by atoms with Crippen LogP contribution in [0.5, 0.6) is 0 Å². The number of carbonyl (C=O) groups excluding carboxylic acids is 1. The molecule has 0 radical (unpaired) electrons.